The Balaban J connectivity index is 2.81. The average Bonchev–Trinajstić information content (AvgIpc) is 2.71. The molecule has 0 aromatic heterocycles. The first-order valence-electron chi connectivity index (χ1n) is 6.56. The van der Waals surface area contributed by atoms with Gasteiger partial charge in [0.05, 0.1) is 19.3 Å². The molecule has 19 heavy (non-hydrogen) atoms. The lowest BCUT2D eigenvalue weighted by Crippen LogP contribution is -2.48. The maximum absolute atomic E-state index is 12.2. The second kappa shape index (κ2) is 6.23. The Morgan fingerprint density at radius 3 is 2.47 bits per heavy atom. The van der Waals surface area contributed by atoms with Crippen molar-refractivity contribution in [3.8, 4) is 0 Å². The van der Waals surface area contributed by atoms with Crippen LogP contribution in [-0.4, -0.2) is 53.5 Å². The van der Waals surface area contributed by atoms with Gasteiger partial charge >= 0.3 is 12.1 Å². The Kier molecular flexibility index (Phi) is 5.17. The molecule has 0 aromatic carbocycles. The molecule has 1 amide bonds. The van der Waals surface area contributed by atoms with Crippen molar-refractivity contribution in [2.45, 2.75) is 45.8 Å². The van der Waals surface area contributed by atoms with E-state index in [1.807, 2.05) is 6.92 Å². The maximum Gasteiger partial charge on any atom is 0.410 e. The van der Waals surface area contributed by atoms with Crippen LogP contribution in [-0.2, 0) is 14.3 Å². The van der Waals surface area contributed by atoms with Crippen LogP contribution in [0, 0.1) is 5.92 Å². The minimum Gasteiger partial charge on any atom is -0.481 e. The number of carbonyl (C=O) groups excluding carboxylic acids is 1. The Labute approximate surface area is 113 Å². The summed E-state index contributed by atoms with van der Waals surface area (Å²) in [7, 11) is 0. The smallest absolute Gasteiger partial charge is 0.410 e. The van der Waals surface area contributed by atoms with Crippen molar-refractivity contribution in [1.82, 2.24) is 4.90 Å². The van der Waals surface area contributed by atoms with E-state index in [1.165, 1.54) is 4.90 Å². The standard InChI is InChI=1S/C13H23NO5/c1-5-6-14(12(17)19-13(2,3)4)10-8-18-7-9(10)11(15)16/h9-10H,5-8H2,1-4H3,(H,15,16). The molecular weight excluding hydrogens is 250 g/mol. The number of amides is 1. The fourth-order valence-corrected chi connectivity index (χ4v) is 2.04. The first kappa shape index (κ1) is 15.8. The Morgan fingerprint density at radius 2 is 2.00 bits per heavy atom. The number of ether oxygens (including phenoxy) is 2. The summed E-state index contributed by atoms with van der Waals surface area (Å²) in [6.07, 6.45) is 0.262. The molecule has 1 saturated heterocycles. The van der Waals surface area contributed by atoms with Gasteiger partial charge in [-0.3, -0.25) is 4.79 Å². The van der Waals surface area contributed by atoms with E-state index in [2.05, 4.69) is 0 Å². The second-order valence-electron chi connectivity index (χ2n) is 5.72. The predicted octanol–water partition coefficient (Wildman–Crippen LogP) is 1.73. The Bertz CT molecular complexity index is 336. The van der Waals surface area contributed by atoms with Gasteiger partial charge in [-0.2, -0.15) is 0 Å². The molecule has 1 rings (SSSR count). The number of hydrogen-bond donors (Lipinski definition) is 1. The molecule has 1 fully saturated rings. The number of nitrogens with zero attached hydrogens (tertiary/aromatic N) is 1. The van der Waals surface area contributed by atoms with E-state index in [4.69, 9.17) is 14.6 Å². The van der Waals surface area contributed by atoms with E-state index < -0.39 is 29.6 Å². The first-order chi connectivity index (χ1) is 8.76. The van der Waals surface area contributed by atoms with Crippen LogP contribution < -0.4 is 0 Å². The molecule has 0 radical (unpaired) electrons. The van der Waals surface area contributed by atoms with Crippen molar-refractivity contribution in [2.24, 2.45) is 5.92 Å². The molecule has 0 aliphatic carbocycles. The van der Waals surface area contributed by atoms with Gasteiger partial charge in [0.1, 0.15) is 11.5 Å². The van der Waals surface area contributed by atoms with Crippen LogP contribution in [0.2, 0.25) is 0 Å². The fraction of sp³-hybridized carbons (Fsp3) is 0.846. The molecule has 6 nitrogen and oxygen atoms in total. The number of aliphatic carboxylic acids is 1. The molecule has 2 unspecified atom stereocenters. The third-order valence-electron chi connectivity index (χ3n) is 2.86. The van der Waals surface area contributed by atoms with Crippen molar-refractivity contribution in [3.05, 3.63) is 0 Å². The number of carbonyl (C=O) groups is 2. The lowest BCUT2D eigenvalue weighted by molar-refractivity contribution is -0.143. The lowest BCUT2D eigenvalue weighted by Gasteiger charge is -2.32. The molecule has 0 aromatic rings. The van der Waals surface area contributed by atoms with Crippen LogP contribution in [0.4, 0.5) is 4.79 Å². The molecule has 0 bridgehead atoms. The summed E-state index contributed by atoms with van der Waals surface area (Å²) in [5.74, 6) is -1.62. The zero-order valence-electron chi connectivity index (χ0n) is 12.0. The third kappa shape index (κ3) is 4.38. The van der Waals surface area contributed by atoms with Gasteiger partial charge in [0.2, 0.25) is 0 Å². The van der Waals surface area contributed by atoms with Gasteiger partial charge in [0, 0.05) is 6.54 Å². The van der Waals surface area contributed by atoms with Crippen LogP contribution in [0.5, 0.6) is 0 Å². The van der Waals surface area contributed by atoms with Gasteiger partial charge in [-0.05, 0) is 27.2 Å². The van der Waals surface area contributed by atoms with E-state index in [0.717, 1.165) is 6.42 Å². The van der Waals surface area contributed by atoms with Crippen molar-refractivity contribution in [1.29, 1.82) is 0 Å². The highest BCUT2D eigenvalue weighted by Crippen LogP contribution is 2.22. The van der Waals surface area contributed by atoms with Crippen molar-refractivity contribution in [2.75, 3.05) is 19.8 Å². The highest BCUT2D eigenvalue weighted by atomic mass is 16.6. The van der Waals surface area contributed by atoms with Gasteiger partial charge in [0.15, 0.2) is 0 Å². The highest BCUT2D eigenvalue weighted by molar-refractivity contribution is 5.74. The second-order valence-corrected chi connectivity index (χ2v) is 5.72. The summed E-state index contributed by atoms with van der Waals surface area (Å²) in [5, 5.41) is 9.16. The van der Waals surface area contributed by atoms with Crippen LogP contribution in [0.1, 0.15) is 34.1 Å². The molecule has 1 aliphatic rings. The van der Waals surface area contributed by atoms with E-state index >= 15 is 0 Å². The quantitative estimate of drug-likeness (QED) is 0.844. The topological polar surface area (TPSA) is 76.1 Å². The zero-order chi connectivity index (χ0) is 14.6. The van der Waals surface area contributed by atoms with E-state index in [-0.39, 0.29) is 13.2 Å². The average molecular weight is 273 g/mol. The zero-order valence-corrected chi connectivity index (χ0v) is 12.0. The van der Waals surface area contributed by atoms with Gasteiger partial charge < -0.3 is 19.5 Å². The van der Waals surface area contributed by atoms with Gasteiger partial charge in [-0.25, -0.2) is 4.79 Å². The summed E-state index contributed by atoms with van der Waals surface area (Å²) in [5.41, 5.74) is -0.596. The molecule has 1 N–H and O–H groups in total. The van der Waals surface area contributed by atoms with Crippen molar-refractivity contribution >= 4 is 12.1 Å². The van der Waals surface area contributed by atoms with Crippen LogP contribution >= 0.6 is 0 Å². The fourth-order valence-electron chi connectivity index (χ4n) is 2.04. The summed E-state index contributed by atoms with van der Waals surface area (Å²) < 4.78 is 10.5. The first-order valence-corrected chi connectivity index (χ1v) is 6.56. The Morgan fingerprint density at radius 1 is 1.37 bits per heavy atom. The molecule has 0 saturated carbocycles. The van der Waals surface area contributed by atoms with Crippen LogP contribution in [0.15, 0.2) is 0 Å². The SMILES string of the molecule is CCCN(C(=O)OC(C)(C)C)C1COCC1C(=O)O. The molecule has 1 heterocycles. The van der Waals surface area contributed by atoms with Crippen molar-refractivity contribution in [3.63, 3.8) is 0 Å². The summed E-state index contributed by atoms with van der Waals surface area (Å²) in [6, 6.07) is -0.452. The normalized spacial score (nSPS) is 23.2. The molecular formula is C13H23NO5. The number of carboxylic acids is 1. The van der Waals surface area contributed by atoms with Gasteiger partial charge in [0.25, 0.3) is 0 Å². The van der Waals surface area contributed by atoms with E-state index in [1.54, 1.807) is 20.8 Å². The predicted molar refractivity (Wildman–Crippen MR) is 69.0 cm³/mol. The summed E-state index contributed by atoms with van der Waals surface area (Å²) in [6.45, 7) is 8.15. The van der Waals surface area contributed by atoms with Gasteiger partial charge in [-0.1, -0.05) is 6.92 Å². The van der Waals surface area contributed by atoms with Crippen LogP contribution in [0.3, 0.4) is 0 Å². The van der Waals surface area contributed by atoms with Crippen LogP contribution in [0.25, 0.3) is 0 Å². The summed E-state index contributed by atoms with van der Waals surface area (Å²) >= 11 is 0. The summed E-state index contributed by atoms with van der Waals surface area (Å²) in [4.78, 5) is 24.8. The molecule has 2 atom stereocenters. The van der Waals surface area contributed by atoms with Crippen molar-refractivity contribution < 1.29 is 24.2 Å². The monoisotopic (exact) mass is 273 g/mol. The molecule has 110 valence electrons. The number of rotatable bonds is 4. The maximum atomic E-state index is 12.2. The molecule has 1 aliphatic heterocycles. The van der Waals surface area contributed by atoms with E-state index in [0.29, 0.717) is 6.54 Å². The third-order valence-corrected chi connectivity index (χ3v) is 2.86. The Hall–Kier alpha value is -1.30. The molecule has 0 spiro atoms. The molecule has 6 heteroatoms. The lowest BCUT2D eigenvalue weighted by atomic mass is 10.0. The van der Waals surface area contributed by atoms with Gasteiger partial charge in [-0.15, -0.1) is 0 Å². The van der Waals surface area contributed by atoms with E-state index in [9.17, 15) is 9.59 Å². The minimum absolute atomic E-state index is 0.142. The number of carboxylic acid groups (broad SMARTS) is 1. The largest absolute Gasteiger partial charge is 0.481 e. The number of hydrogen-bond acceptors (Lipinski definition) is 4. The minimum atomic E-state index is -0.938. The highest BCUT2D eigenvalue weighted by Gasteiger charge is 2.41.